The van der Waals surface area contributed by atoms with Gasteiger partial charge in [0.2, 0.25) is 21.9 Å². The van der Waals surface area contributed by atoms with Crippen molar-refractivity contribution in [3.63, 3.8) is 0 Å². The van der Waals surface area contributed by atoms with Gasteiger partial charge < -0.3 is 10.6 Å². The van der Waals surface area contributed by atoms with Crippen LogP contribution in [0.25, 0.3) is 16.7 Å². The average molecular weight is 585 g/mol. The number of rotatable bonds is 8. The average Bonchev–Trinajstić information content (AvgIpc) is 3.32. The van der Waals surface area contributed by atoms with E-state index in [0.29, 0.717) is 39.8 Å². The van der Waals surface area contributed by atoms with E-state index in [1.165, 1.54) is 0 Å². The van der Waals surface area contributed by atoms with Crippen LogP contribution >= 0.6 is 27.5 Å². The fourth-order valence-electron chi connectivity index (χ4n) is 4.45. The van der Waals surface area contributed by atoms with Crippen LogP contribution in [0.15, 0.2) is 29.0 Å². The van der Waals surface area contributed by atoms with E-state index in [1.54, 1.807) is 30.1 Å². The third kappa shape index (κ3) is 5.93. The minimum absolute atomic E-state index is 0.0451. The number of fused-ring (bicyclic) bond motifs is 1. The summed E-state index contributed by atoms with van der Waals surface area (Å²) >= 11 is 9.85. The number of carbonyl (C=O) groups excluding carboxylic acids is 1. The highest BCUT2D eigenvalue weighted by Crippen LogP contribution is 2.39. The van der Waals surface area contributed by atoms with Gasteiger partial charge in [-0.2, -0.15) is 10.1 Å². The Hall–Kier alpha value is -2.28. The zero-order valence-corrected chi connectivity index (χ0v) is 22.8. The molecule has 2 atom stereocenters. The minimum atomic E-state index is -3.27. The molecule has 0 saturated heterocycles. The van der Waals surface area contributed by atoms with Crippen molar-refractivity contribution in [1.82, 2.24) is 29.8 Å². The topological polar surface area (TPSA) is 131 Å². The molecule has 2 aromatic heterocycles. The van der Waals surface area contributed by atoms with Crippen molar-refractivity contribution in [2.24, 2.45) is 5.41 Å². The van der Waals surface area contributed by atoms with Crippen LogP contribution in [0, 0.1) is 5.41 Å². The SMILES string of the molecule is CNC(=O)[C@]1(C)CC[C@@H](Nc2ncc3c(Br)nn(-c4cc(Cl)cc(CCNS(C)(=O)=O)c4)c3n2)C1. The Morgan fingerprint density at radius 3 is 2.83 bits per heavy atom. The molecule has 1 aliphatic carbocycles. The number of nitrogens with one attached hydrogen (secondary N) is 3. The lowest BCUT2D eigenvalue weighted by Gasteiger charge is -2.22. The van der Waals surface area contributed by atoms with Crippen molar-refractivity contribution in [1.29, 1.82) is 0 Å². The largest absolute Gasteiger partial charge is 0.359 e. The summed E-state index contributed by atoms with van der Waals surface area (Å²) in [4.78, 5) is 21.4. The van der Waals surface area contributed by atoms with Crippen molar-refractivity contribution >= 4 is 60.4 Å². The number of carbonyl (C=O) groups is 1. The van der Waals surface area contributed by atoms with E-state index >= 15 is 0 Å². The van der Waals surface area contributed by atoms with Crippen LogP contribution in [0.1, 0.15) is 31.7 Å². The number of anilines is 1. The fraction of sp³-hybridized carbons (Fsp3) is 0.455. The Morgan fingerprint density at radius 1 is 1.34 bits per heavy atom. The van der Waals surface area contributed by atoms with Crippen LogP contribution in [0.4, 0.5) is 5.95 Å². The van der Waals surface area contributed by atoms with Crippen molar-refractivity contribution in [3.05, 3.63) is 39.6 Å². The first-order chi connectivity index (χ1) is 16.5. The summed E-state index contributed by atoms with van der Waals surface area (Å²) in [7, 11) is -1.61. The van der Waals surface area contributed by atoms with E-state index in [0.717, 1.165) is 30.0 Å². The standard InChI is InChI=1S/C22H27BrClN7O3S/c1-22(20(32)25-2)6-4-15(11-22)28-21-26-12-17-18(23)30-31(19(17)29-21)16-9-13(8-14(24)10-16)5-7-27-35(3,33)34/h8-10,12,15,27H,4-7,11H2,1-3H3,(H,25,32)(H,26,28,29)/t15-,22-/m1/s1. The molecular formula is C22H27BrClN7O3S. The summed E-state index contributed by atoms with van der Waals surface area (Å²) in [5.74, 6) is 0.501. The lowest BCUT2D eigenvalue weighted by Crippen LogP contribution is -2.35. The van der Waals surface area contributed by atoms with Crippen molar-refractivity contribution in [3.8, 4) is 5.69 Å². The Bertz CT molecular complexity index is 1380. The van der Waals surface area contributed by atoms with E-state index in [1.807, 2.05) is 13.0 Å². The van der Waals surface area contributed by atoms with E-state index in [-0.39, 0.29) is 18.5 Å². The number of aromatic nitrogens is 4. The van der Waals surface area contributed by atoms with Gasteiger partial charge in [-0.25, -0.2) is 22.8 Å². The normalized spacial score (nSPS) is 20.3. The van der Waals surface area contributed by atoms with Gasteiger partial charge >= 0.3 is 0 Å². The van der Waals surface area contributed by atoms with E-state index in [9.17, 15) is 13.2 Å². The lowest BCUT2D eigenvalue weighted by molar-refractivity contribution is -0.129. The van der Waals surface area contributed by atoms with Crippen molar-refractivity contribution < 1.29 is 13.2 Å². The van der Waals surface area contributed by atoms with Gasteiger partial charge in [-0.1, -0.05) is 18.5 Å². The monoisotopic (exact) mass is 583 g/mol. The molecule has 2 heterocycles. The van der Waals surface area contributed by atoms with Crippen LogP contribution in [-0.4, -0.2) is 60.0 Å². The lowest BCUT2D eigenvalue weighted by atomic mass is 9.87. The molecule has 1 fully saturated rings. The quantitative estimate of drug-likeness (QED) is 0.371. The third-order valence-corrected chi connectivity index (χ3v) is 7.73. The van der Waals surface area contributed by atoms with Gasteiger partial charge in [0.15, 0.2) is 5.65 Å². The number of hydrogen-bond acceptors (Lipinski definition) is 7. The van der Waals surface area contributed by atoms with Crippen LogP contribution < -0.4 is 15.4 Å². The number of nitrogens with zero attached hydrogens (tertiary/aromatic N) is 4. The highest BCUT2D eigenvalue weighted by Gasteiger charge is 2.40. The van der Waals surface area contributed by atoms with Gasteiger partial charge in [0, 0.05) is 36.3 Å². The first-order valence-corrected chi connectivity index (χ1v) is 14.2. The summed E-state index contributed by atoms with van der Waals surface area (Å²) in [5.41, 5.74) is 1.73. The van der Waals surface area contributed by atoms with Crippen LogP contribution in [0.3, 0.4) is 0 Å². The van der Waals surface area contributed by atoms with Gasteiger partial charge in [0.05, 0.1) is 17.3 Å². The summed E-state index contributed by atoms with van der Waals surface area (Å²) < 4.78 is 27.5. The molecule has 10 nitrogen and oxygen atoms in total. The predicted molar refractivity (Wildman–Crippen MR) is 139 cm³/mol. The summed E-state index contributed by atoms with van der Waals surface area (Å²) in [6.45, 7) is 2.24. The van der Waals surface area contributed by atoms with Crippen molar-refractivity contribution in [2.45, 2.75) is 38.6 Å². The van der Waals surface area contributed by atoms with Gasteiger partial charge in [-0.3, -0.25) is 4.79 Å². The van der Waals surface area contributed by atoms with Crippen molar-refractivity contribution in [2.75, 3.05) is 25.2 Å². The molecule has 0 bridgehead atoms. The first-order valence-electron chi connectivity index (χ1n) is 11.1. The van der Waals surface area contributed by atoms with Crippen LogP contribution in [0.2, 0.25) is 5.02 Å². The van der Waals surface area contributed by atoms with Gasteiger partial charge in [0.25, 0.3) is 0 Å². The third-order valence-electron chi connectivity index (χ3n) is 6.19. The Labute approximate surface area is 217 Å². The number of amides is 1. The molecule has 0 unspecified atom stereocenters. The molecule has 35 heavy (non-hydrogen) atoms. The molecule has 0 aliphatic heterocycles. The number of hydrogen-bond donors (Lipinski definition) is 3. The second kappa shape index (κ2) is 10.00. The van der Waals surface area contributed by atoms with E-state index in [2.05, 4.69) is 41.4 Å². The molecule has 188 valence electrons. The molecule has 1 aromatic carbocycles. The highest BCUT2D eigenvalue weighted by atomic mass is 79.9. The number of benzene rings is 1. The Kier molecular flexibility index (Phi) is 7.37. The molecule has 0 radical (unpaired) electrons. The zero-order valence-electron chi connectivity index (χ0n) is 19.6. The zero-order chi connectivity index (χ0) is 25.4. The minimum Gasteiger partial charge on any atom is -0.359 e. The molecule has 3 aromatic rings. The maximum atomic E-state index is 12.3. The molecule has 3 N–H and O–H groups in total. The number of halogens is 2. The second-order valence-electron chi connectivity index (χ2n) is 9.09. The molecule has 1 amide bonds. The van der Waals surface area contributed by atoms with Gasteiger partial charge in [-0.05, 0) is 65.4 Å². The Morgan fingerprint density at radius 2 is 2.11 bits per heavy atom. The maximum absolute atomic E-state index is 12.3. The predicted octanol–water partition coefficient (Wildman–Crippen LogP) is 3.04. The summed E-state index contributed by atoms with van der Waals surface area (Å²) in [5, 5.41) is 11.9. The summed E-state index contributed by atoms with van der Waals surface area (Å²) in [6, 6.07) is 5.54. The fourth-order valence-corrected chi connectivity index (χ4v) is 5.62. The molecule has 1 aliphatic rings. The van der Waals surface area contributed by atoms with E-state index < -0.39 is 15.4 Å². The van der Waals surface area contributed by atoms with Gasteiger partial charge in [-0.15, -0.1) is 0 Å². The smallest absolute Gasteiger partial charge is 0.225 e. The van der Waals surface area contributed by atoms with Gasteiger partial charge in [0.1, 0.15) is 4.60 Å². The Balaban J connectivity index is 1.60. The molecule has 0 spiro atoms. The molecule has 1 saturated carbocycles. The van der Waals surface area contributed by atoms with Crippen LogP contribution in [0.5, 0.6) is 0 Å². The van der Waals surface area contributed by atoms with E-state index in [4.69, 9.17) is 16.6 Å². The second-order valence-corrected chi connectivity index (χ2v) is 12.1. The molecule has 13 heteroatoms. The first kappa shape index (κ1) is 25.8. The number of sulfonamides is 1. The molecular weight excluding hydrogens is 558 g/mol. The summed E-state index contributed by atoms with van der Waals surface area (Å²) in [6.07, 6.45) is 5.61. The maximum Gasteiger partial charge on any atom is 0.225 e. The molecule has 4 rings (SSSR count). The van der Waals surface area contributed by atoms with Crippen LogP contribution in [-0.2, 0) is 21.2 Å². The highest BCUT2D eigenvalue weighted by molar-refractivity contribution is 9.10.